The summed E-state index contributed by atoms with van der Waals surface area (Å²) >= 11 is 3.96. The summed E-state index contributed by atoms with van der Waals surface area (Å²) < 4.78 is 0. The lowest BCUT2D eigenvalue weighted by atomic mass is 10.1. The first-order chi connectivity index (χ1) is 16.0. The molecule has 192 valence electrons. The smallest absolute Gasteiger partial charge is 0.326 e. The number of carbonyl (C=O) groups excluding carboxylic acids is 3. The summed E-state index contributed by atoms with van der Waals surface area (Å²) in [6.07, 6.45) is 0.420. The maximum Gasteiger partial charge on any atom is 0.326 e. The Morgan fingerprint density at radius 3 is 2.26 bits per heavy atom. The fourth-order valence-corrected chi connectivity index (χ4v) is 3.58. The minimum Gasteiger partial charge on any atom is -0.481 e. The lowest BCUT2D eigenvalue weighted by Gasteiger charge is -2.28. The molecule has 4 atom stereocenters. The zero-order valence-corrected chi connectivity index (χ0v) is 19.6. The van der Waals surface area contributed by atoms with Crippen molar-refractivity contribution in [1.29, 1.82) is 0 Å². The molecule has 15 heteroatoms. The van der Waals surface area contributed by atoms with Crippen LogP contribution in [-0.4, -0.2) is 93.7 Å². The van der Waals surface area contributed by atoms with E-state index in [4.69, 9.17) is 22.3 Å². The first kappa shape index (κ1) is 29.0. The maximum atomic E-state index is 13.0. The molecule has 0 aromatic heterocycles. The number of nitrogens with zero attached hydrogens (tertiary/aromatic N) is 2. The number of thiol groups is 1. The van der Waals surface area contributed by atoms with Gasteiger partial charge in [0, 0.05) is 25.3 Å². The number of rotatable bonds is 14. The Balaban J connectivity index is 3.02. The minimum atomic E-state index is -1.29. The van der Waals surface area contributed by atoms with E-state index in [9.17, 15) is 29.1 Å². The summed E-state index contributed by atoms with van der Waals surface area (Å²) in [7, 11) is 0. The average Bonchev–Trinajstić information content (AvgIpc) is 3.27. The Labute approximate surface area is 202 Å². The summed E-state index contributed by atoms with van der Waals surface area (Å²) in [5.74, 6) is -4.57. The number of hydrogen-bond acceptors (Lipinski definition) is 8. The largest absolute Gasteiger partial charge is 0.481 e. The van der Waals surface area contributed by atoms with Crippen LogP contribution in [0.15, 0.2) is 4.99 Å². The molecule has 1 heterocycles. The molecule has 14 nitrogen and oxygen atoms in total. The predicted octanol–water partition coefficient (Wildman–Crippen LogP) is -2.79. The molecule has 0 aliphatic carbocycles. The molecule has 1 rings (SSSR count). The van der Waals surface area contributed by atoms with E-state index in [1.165, 1.54) is 0 Å². The second-order valence-corrected chi connectivity index (χ2v) is 8.19. The number of guanidine groups is 1. The minimum absolute atomic E-state index is 0.0272. The molecule has 0 bridgehead atoms. The Morgan fingerprint density at radius 2 is 1.71 bits per heavy atom. The SMILES string of the molecule is NC(N)=NCCCC(NC(=O)C(N)CS)C(=O)NC(CCC(=O)O)C(=O)N1CCCC1C(=O)O. The number of nitrogens with two attached hydrogens (primary N) is 3. The highest BCUT2D eigenvalue weighted by Gasteiger charge is 2.38. The summed E-state index contributed by atoms with van der Waals surface area (Å²) in [4.78, 5) is 65.8. The van der Waals surface area contributed by atoms with Gasteiger partial charge in [0.2, 0.25) is 17.7 Å². The molecule has 1 saturated heterocycles. The highest BCUT2D eigenvalue weighted by molar-refractivity contribution is 7.80. The molecule has 0 spiro atoms. The van der Waals surface area contributed by atoms with Crippen molar-refractivity contribution in [3.63, 3.8) is 0 Å². The number of carboxylic acid groups (broad SMARTS) is 2. The Bertz CT molecular complexity index is 791. The van der Waals surface area contributed by atoms with Gasteiger partial charge in [0.15, 0.2) is 5.96 Å². The standard InChI is InChI=1S/C19H33N7O7S/c20-10(9-34)15(29)24-11(3-1-7-23-19(21)22)16(30)25-12(5-6-14(27)28)17(31)26-8-2-4-13(26)18(32)33/h10-13,34H,1-9,20H2,(H,24,29)(H,25,30)(H,27,28)(H,32,33)(H4,21,22,23). The molecule has 0 aromatic carbocycles. The van der Waals surface area contributed by atoms with Crippen molar-refractivity contribution in [2.24, 2.45) is 22.2 Å². The van der Waals surface area contributed by atoms with E-state index < -0.39 is 60.2 Å². The topological polar surface area (TPSA) is 244 Å². The van der Waals surface area contributed by atoms with Crippen LogP contribution in [-0.2, 0) is 24.0 Å². The maximum absolute atomic E-state index is 13.0. The number of likely N-dealkylation sites (tertiary alicyclic amines) is 1. The Morgan fingerprint density at radius 1 is 1.06 bits per heavy atom. The van der Waals surface area contributed by atoms with Gasteiger partial charge in [-0.25, -0.2) is 4.79 Å². The fraction of sp³-hybridized carbons (Fsp3) is 0.684. The third-order valence-electron chi connectivity index (χ3n) is 5.19. The highest BCUT2D eigenvalue weighted by Crippen LogP contribution is 2.20. The summed E-state index contributed by atoms with van der Waals surface area (Å²) in [5.41, 5.74) is 16.2. The van der Waals surface area contributed by atoms with Crippen molar-refractivity contribution < 1.29 is 34.2 Å². The van der Waals surface area contributed by atoms with E-state index in [0.717, 1.165) is 4.90 Å². The lowest BCUT2D eigenvalue weighted by Crippen LogP contribution is -2.57. The number of hydrogen-bond donors (Lipinski definition) is 8. The highest BCUT2D eigenvalue weighted by atomic mass is 32.1. The van der Waals surface area contributed by atoms with Crippen molar-refractivity contribution in [3.8, 4) is 0 Å². The fourth-order valence-electron chi connectivity index (χ4n) is 3.42. The van der Waals surface area contributed by atoms with Crippen LogP contribution in [0.3, 0.4) is 0 Å². The van der Waals surface area contributed by atoms with Gasteiger partial charge >= 0.3 is 11.9 Å². The van der Waals surface area contributed by atoms with Crippen LogP contribution in [0.5, 0.6) is 0 Å². The zero-order valence-electron chi connectivity index (χ0n) is 18.7. The average molecular weight is 504 g/mol. The van der Waals surface area contributed by atoms with Crippen LogP contribution in [0.2, 0.25) is 0 Å². The molecular weight excluding hydrogens is 470 g/mol. The number of carbonyl (C=O) groups is 5. The van der Waals surface area contributed by atoms with Gasteiger partial charge in [-0.05, 0) is 32.1 Å². The molecule has 34 heavy (non-hydrogen) atoms. The van der Waals surface area contributed by atoms with Gasteiger partial charge in [-0.1, -0.05) is 0 Å². The predicted molar refractivity (Wildman–Crippen MR) is 125 cm³/mol. The number of aliphatic imine (C=N–C) groups is 1. The van der Waals surface area contributed by atoms with E-state index >= 15 is 0 Å². The van der Waals surface area contributed by atoms with Crippen molar-refractivity contribution in [2.75, 3.05) is 18.8 Å². The molecular formula is C19H33N7O7S. The third-order valence-corrected chi connectivity index (χ3v) is 5.59. The summed E-state index contributed by atoms with van der Waals surface area (Å²) in [5, 5.41) is 23.4. The van der Waals surface area contributed by atoms with E-state index in [0.29, 0.717) is 12.8 Å². The monoisotopic (exact) mass is 503 g/mol. The number of amides is 3. The number of nitrogens with one attached hydrogen (secondary N) is 2. The van der Waals surface area contributed by atoms with Gasteiger partial charge in [-0.15, -0.1) is 0 Å². The second kappa shape index (κ2) is 14.2. The van der Waals surface area contributed by atoms with E-state index in [1.807, 2.05) is 0 Å². The molecule has 3 amide bonds. The van der Waals surface area contributed by atoms with E-state index in [2.05, 4.69) is 28.3 Å². The summed E-state index contributed by atoms with van der Waals surface area (Å²) in [6, 6.07) is -4.46. The molecule has 1 fully saturated rings. The molecule has 0 radical (unpaired) electrons. The van der Waals surface area contributed by atoms with Crippen LogP contribution in [0.25, 0.3) is 0 Å². The summed E-state index contributed by atoms with van der Waals surface area (Å²) in [6.45, 7) is 0.348. The first-order valence-electron chi connectivity index (χ1n) is 10.8. The normalized spacial score (nSPS) is 17.8. The zero-order chi connectivity index (χ0) is 25.8. The van der Waals surface area contributed by atoms with Gasteiger partial charge in [-0.2, -0.15) is 12.6 Å². The van der Waals surface area contributed by atoms with Crippen molar-refractivity contribution in [3.05, 3.63) is 0 Å². The van der Waals surface area contributed by atoms with E-state index in [-0.39, 0.29) is 44.1 Å². The molecule has 10 N–H and O–H groups in total. The first-order valence-corrected chi connectivity index (χ1v) is 11.4. The van der Waals surface area contributed by atoms with Crippen LogP contribution < -0.4 is 27.8 Å². The van der Waals surface area contributed by atoms with Gasteiger partial charge in [0.1, 0.15) is 18.1 Å². The van der Waals surface area contributed by atoms with Crippen LogP contribution >= 0.6 is 12.6 Å². The second-order valence-electron chi connectivity index (χ2n) is 7.82. The van der Waals surface area contributed by atoms with Gasteiger partial charge in [-0.3, -0.25) is 24.2 Å². The quantitative estimate of drug-likeness (QED) is 0.0524. The third kappa shape index (κ3) is 9.43. The molecule has 4 unspecified atom stereocenters. The van der Waals surface area contributed by atoms with Crippen molar-refractivity contribution >= 4 is 48.2 Å². The van der Waals surface area contributed by atoms with Crippen molar-refractivity contribution in [2.45, 2.75) is 62.7 Å². The molecule has 0 saturated carbocycles. The van der Waals surface area contributed by atoms with Gasteiger partial charge in [0.25, 0.3) is 0 Å². The van der Waals surface area contributed by atoms with E-state index in [1.54, 1.807) is 0 Å². The van der Waals surface area contributed by atoms with Gasteiger partial charge < -0.3 is 42.9 Å². The number of carboxylic acids is 2. The molecule has 1 aliphatic heterocycles. The van der Waals surface area contributed by atoms with Crippen LogP contribution in [0.4, 0.5) is 0 Å². The van der Waals surface area contributed by atoms with Crippen LogP contribution in [0.1, 0.15) is 38.5 Å². The van der Waals surface area contributed by atoms with Gasteiger partial charge in [0.05, 0.1) is 6.04 Å². The Kier molecular flexibility index (Phi) is 12.1. The Hall–Kier alpha value is -3.07. The molecule has 0 aromatic rings. The van der Waals surface area contributed by atoms with Crippen LogP contribution in [0, 0.1) is 0 Å². The number of aliphatic carboxylic acids is 2. The molecule has 1 aliphatic rings. The lowest BCUT2D eigenvalue weighted by molar-refractivity contribution is -0.150. The van der Waals surface area contributed by atoms with Crippen molar-refractivity contribution in [1.82, 2.24) is 15.5 Å².